The summed E-state index contributed by atoms with van der Waals surface area (Å²) >= 11 is 0. The van der Waals surface area contributed by atoms with Crippen LogP contribution in [0.15, 0.2) is 30.3 Å². The third kappa shape index (κ3) is 4.17. The molecule has 0 heterocycles. The van der Waals surface area contributed by atoms with Crippen molar-refractivity contribution in [3.8, 4) is 6.07 Å². The summed E-state index contributed by atoms with van der Waals surface area (Å²) in [5.74, 6) is -0.106. The molecule has 0 aliphatic rings. The Balaban J connectivity index is 2.81. The molecule has 1 aromatic rings. The molecule has 0 radical (unpaired) electrons. The van der Waals surface area contributed by atoms with Gasteiger partial charge in [-0.2, -0.15) is 9.98 Å². The predicted molar refractivity (Wildman–Crippen MR) is 66.5 cm³/mol. The van der Waals surface area contributed by atoms with Crippen LogP contribution in [-0.2, 0) is 15.8 Å². The number of rotatable bonds is 5. The van der Waals surface area contributed by atoms with Crippen LogP contribution in [0.2, 0.25) is 0 Å². The quantitative estimate of drug-likeness (QED) is 0.868. The number of nitrogens with one attached hydrogen (secondary N) is 1. The zero-order chi connectivity index (χ0) is 12.9. The maximum absolute atomic E-state index is 11.9. The minimum Gasteiger partial charge on any atom is -0.212 e. The van der Waals surface area contributed by atoms with Gasteiger partial charge in [-0.25, -0.2) is 8.42 Å². The molecule has 0 fully saturated rings. The molecule has 1 atom stereocenters. The van der Waals surface area contributed by atoms with E-state index in [0.29, 0.717) is 12.0 Å². The van der Waals surface area contributed by atoms with Crippen LogP contribution >= 0.6 is 0 Å². The zero-order valence-electron chi connectivity index (χ0n) is 9.97. The van der Waals surface area contributed by atoms with E-state index >= 15 is 0 Å². The van der Waals surface area contributed by atoms with E-state index in [-0.39, 0.29) is 5.75 Å². The number of hydrogen-bond acceptors (Lipinski definition) is 3. The summed E-state index contributed by atoms with van der Waals surface area (Å²) in [6.45, 7) is 3.35. The van der Waals surface area contributed by atoms with Crippen LogP contribution in [0, 0.1) is 11.3 Å². The van der Waals surface area contributed by atoms with Gasteiger partial charge < -0.3 is 0 Å². The summed E-state index contributed by atoms with van der Waals surface area (Å²) in [5, 5.41) is 8.94. The van der Waals surface area contributed by atoms with Gasteiger partial charge in [0.1, 0.15) is 5.54 Å². The first-order valence-electron chi connectivity index (χ1n) is 5.37. The number of hydrogen-bond donors (Lipinski definition) is 1. The van der Waals surface area contributed by atoms with Crippen molar-refractivity contribution in [2.75, 3.05) is 0 Å². The van der Waals surface area contributed by atoms with E-state index in [9.17, 15) is 8.42 Å². The first-order valence-corrected chi connectivity index (χ1v) is 7.03. The molecule has 4 nitrogen and oxygen atoms in total. The number of sulfonamides is 1. The lowest BCUT2D eigenvalue weighted by atomic mass is 10.0. The second-order valence-corrected chi connectivity index (χ2v) is 5.87. The number of nitriles is 1. The van der Waals surface area contributed by atoms with Crippen molar-refractivity contribution < 1.29 is 8.42 Å². The molecule has 0 saturated carbocycles. The van der Waals surface area contributed by atoms with E-state index in [1.807, 2.05) is 12.1 Å². The average molecular weight is 252 g/mol. The van der Waals surface area contributed by atoms with Gasteiger partial charge in [-0.15, -0.1) is 0 Å². The fraction of sp³-hybridized carbons (Fsp3) is 0.417. The Kier molecular flexibility index (Phi) is 4.27. The van der Waals surface area contributed by atoms with Gasteiger partial charge in [0, 0.05) is 0 Å². The standard InChI is InChI=1S/C12H16N2O2S/c1-3-12(2,10-13)14-17(15,16)9-11-7-5-4-6-8-11/h4-8,14H,3,9H2,1-2H3. The molecule has 1 unspecified atom stereocenters. The lowest BCUT2D eigenvalue weighted by Gasteiger charge is -2.20. The van der Waals surface area contributed by atoms with Crippen molar-refractivity contribution in [2.45, 2.75) is 31.6 Å². The van der Waals surface area contributed by atoms with Crippen LogP contribution < -0.4 is 4.72 Å². The molecule has 1 rings (SSSR count). The molecule has 0 aromatic heterocycles. The Bertz CT molecular complexity index is 505. The Labute approximate surface area is 102 Å². The zero-order valence-corrected chi connectivity index (χ0v) is 10.8. The predicted octanol–water partition coefficient (Wildman–Crippen LogP) is 1.80. The van der Waals surface area contributed by atoms with Crippen molar-refractivity contribution in [3.63, 3.8) is 0 Å². The van der Waals surface area contributed by atoms with E-state index in [1.165, 1.54) is 0 Å². The molecule has 1 N–H and O–H groups in total. The highest BCUT2D eigenvalue weighted by Gasteiger charge is 2.27. The maximum atomic E-state index is 11.9. The molecule has 0 saturated heterocycles. The Hall–Kier alpha value is -1.38. The maximum Gasteiger partial charge on any atom is 0.217 e. The van der Waals surface area contributed by atoms with Crippen LogP contribution in [0.3, 0.4) is 0 Å². The summed E-state index contributed by atoms with van der Waals surface area (Å²) in [6.07, 6.45) is 0.428. The largest absolute Gasteiger partial charge is 0.217 e. The third-order valence-corrected chi connectivity index (χ3v) is 4.01. The summed E-state index contributed by atoms with van der Waals surface area (Å²) in [4.78, 5) is 0. The van der Waals surface area contributed by atoms with E-state index in [0.717, 1.165) is 0 Å². The van der Waals surface area contributed by atoms with Crippen molar-refractivity contribution in [1.82, 2.24) is 4.72 Å². The van der Waals surface area contributed by atoms with Gasteiger partial charge in [0.15, 0.2) is 0 Å². The van der Waals surface area contributed by atoms with Gasteiger partial charge in [-0.05, 0) is 18.9 Å². The summed E-state index contributed by atoms with van der Waals surface area (Å²) in [7, 11) is -3.49. The van der Waals surface area contributed by atoms with Gasteiger partial charge in [-0.3, -0.25) is 0 Å². The van der Waals surface area contributed by atoms with Crippen LogP contribution in [0.1, 0.15) is 25.8 Å². The third-order valence-electron chi connectivity index (χ3n) is 2.53. The highest BCUT2D eigenvalue weighted by Crippen LogP contribution is 2.12. The lowest BCUT2D eigenvalue weighted by molar-refractivity contribution is 0.494. The lowest BCUT2D eigenvalue weighted by Crippen LogP contribution is -2.44. The second kappa shape index (κ2) is 5.30. The molecular formula is C12H16N2O2S. The smallest absolute Gasteiger partial charge is 0.212 e. The van der Waals surface area contributed by atoms with E-state index in [1.54, 1.807) is 38.1 Å². The SMILES string of the molecule is CCC(C)(C#N)NS(=O)(=O)Cc1ccccc1. The van der Waals surface area contributed by atoms with Crippen LogP contribution in [0.4, 0.5) is 0 Å². The van der Waals surface area contributed by atoms with Gasteiger partial charge in [0.2, 0.25) is 10.0 Å². The average Bonchev–Trinajstić information content (AvgIpc) is 2.29. The highest BCUT2D eigenvalue weighted by molar-refractivity contribution is 7.88. The van der Waals surface area contributed by atoms with E-state index in [2.05, 4.69) is 4.72 Å². The fourth-order valence-electron chi connectivity index (χ4n) is 1.35. The molecule has 0 bridgehead atoms. The molecule has 1 aromatic carbocycles. The first kappa shape index (κ1) is 13.7. The van der Waals surface area contributed by atoms with Crippen LogP contribution in [0.5, 0.6) is 0 Å². The minimum atomic E-state index is -3.49. The summed E-state index contributed by atoms with van der Waals surface area (Å²) in [5.41, 5.74) is -0.329. The van der Waals surface area contributed by atoms with Crippen molar-refractivity contribution >= 4 is 10.0 Å². The van der Waals surface area contributed by atoms with E-state index < -0.39 is 15.6 Å². The molecular weight excluding hydrogens is 236 g/mol. The first-order chi connectivity index (χ1) is 7.91. The molecule has 0 aliphatic carbocycles. The van der Waals surface area contributed by atoms with Gasteiger partial charge >= 0.3 is 0 Å². The minimum absolute atomic E-state index is 0.106. The molecule has 0 spiro atoms. The van der Waals surface area contributed by atoms with Crippen molar-refractivity contribution in [1.29, 1.82) is 5.26 Å². The van der Waals surface area contributed by atoms with E-state index in [4.69, 9.17) is 5.26 Å². The fourth-order valence-corrected chi connectivity index (χ4v) is 2.93. The summed E-state index contributed by atoms with van der Waals surface area (Å²) < 4.78 is 26.2. The molecule has 17 heavy (non-hydrogen) atoms. The topological polar surface area (TPSA) is 70.0 Å². The molecule has 0 aliphatic heterocycles. The molecule has 0 amide bonds. The monoisotopic (exact) mass is 252 g/mol. The van der Waals surface area contributed by atoms with Gasteiger partial charge in [0.05, 0.1) is 11.8 Å². The van der Waals surface area contributed by atoms with Crippen molar-refractivity contribution in [2.24, 2.45) is 0 Å². The Morgan fingerprint density at radius 1 is 1.35 bits per heavy atom. The Morgan fingerprint density at radius 2 is 1.94 bits per heavy atom. The normalized spacial score (nSPS) is 14.9. The molecule has 5 heteroatoms. The molecule has 92 valence electrons. The van der Waals surface area contributed by atoms with Gasteiger partial charge in [0.25, 0.3) is 0 Å². The van der Waals surface area contributed by atoms with Crippen LogP contribution in [-0.4, -0.2) is 14.0 Å². The second-order valence-electron chi connectivity index (χ2n) is 4.14. The number of benzene rings is 1. The number of nitrogens with zero attached hydrogens (tertiary/aromatic N) is 1. The van der Waals surface area contributed by atoms with Gasteiger partial charge in [-0.1, -0.05) is 37.3 Å². The summed E-state index contributed by atoms with van der Waals surface area (Å²) in [6, 6.07) is 10.9. The van der Waals surface area contributed by atoms with Crippen LogP contribution in [0.25, 0.3) is 0 Å². The van der Waals surface area contributed by atoms with Crippen molar-refractivity contribution in [3.05, 3.63) is 35.9 Å². The highest BCUT2D eigenvalue weighted by atomic mass is 32.2. The Morgan fingerprint density at radius 3 is 2.41 bits per heavy atom.